The molecule has 17 heavy (non-hydrogen) atoms. The maximum absolute atomic E-state index is 13.7. The fourth-order valence-electron chi connectivity index (χ4n) is 2.73. The summed E-state index contributed by atoms with van der Waals surface area (Å²) in [6.07, 6.45) is 3.93. The average Bonchev–Trinajstić information content (AvgIpc) is 2.32. The van der Waals surface area contributed by atoms with Crippen molar-refractivity contribution < 1.29 is 9.13 Å². The van der Waals surface area contributed by atoms with Crippen LogP contribution in [0.5, 0.6) is 5.75 Å². The van der Waals surface area contributed by atoms with E-state index in [0.29, 0.717) is 5.75 Å². The zero-order chi connectivity index (χ0) is 11.0. The number of nitrogens with one attached hydrogen (secondary N) is 1. The molecule has 1 fully saturated rings. The molecule has 1 spiro atoms. The lowest BCUT2D eigenvalue weighted by Gasteiger charge is -2.41. The molecule has 0 aromatic heterocycles. The van der Waals surface area contributed by atoms with Gasteiger partial charge in [0.2, 0.25) is 0 Å². The highest BCUT2D eigenvalue weighted by molar-refractivity contribution is 5.85. The summed E-state index contributed by atoms with van der Waals surface area (Å²) >= 11 is 0. The third kappa shape index (κ3) is 2.26. The highest BCUT2D eigenvalue weighted by Crippen LogP contribution is 2.39. The molecule has 0 aliphatic carbocycles. The number of halogens is 2. The molecule has 1 saturated heterocycles. The molecule has 1 N–H and O–H groups in total. The van der Waals surface area contributed by atoms with Gasteiger partial charge in [-0.2, -0.15) is 0 Å². The van der Waals surface area contributed by atoms with Crippen molar-refractivity contribution >= 4 is 12.4 Å². The molecule has 0 radical (unpaired) electrons. The van der Waals surface area contributed by atoms with Crippen LogP contribution in [-0.4, -0.2) is 18.7 Å². The summed E-state index contributed by atoms with van der Waals surface area (Å²) in [6.45, 7) is 1.95. The van der Waals surface area contributed by atoms with Crippen LogP contribution in [-0.2, 0) is 6.42 Å². The lowest BCUT2D eigenvalue weighted by molar-refractivity contribution is 0.0131. The summed E-state index contributed by atoms with van der Waals surface area (Å²) < 4.78 is 19.6. The van der Waals surface area contributed by atoms with E-state index < -0.39 is 0 Å². The Labute approximate surface area is 107 Å². The monoisotopic (exact) mass is 257 g/mol. The average molecular weight is 258 g/mol. The first-order valence-corrected chi connectivity index (χ1v) is 5.96. The maximum atomic E-state index is 13.7. The van der Waals surface area contributed by atoms with Crippen LogP contribution >= 0.6 is 12.4 Å². The van der Waals surface area contributed by atoms with Crippen LogP contribution in [0.1, 0.15) is 24.8 Å². The number of aryl methyl sites for hydroxylation is 1. The number of piperidine rings is 1. The number of ether oxygens (including phenoxy) is 1. The first-order chi connectivity index (χ1) is 7.79. The van der Waals surface area contributed by atoms with Crippen LogP contribution in [0.25, 0.3) is 0 Å². The first-order valence-electron chi connectivity index (χ1n) is 5.96. The molecule has 2 aliphatic heterocycles. The zero-order valence-corrected chi connectivity index (χ0v) is 10.5. The minimum Gasteiger partial charge on any atom is -0.484 e. The highest BCUT2D eigenvalue weighted by atomic mass is 35.5. The fourth-order valence-corrected chi connectivity index (χ4v) is 2.73. The summed E-state index contributed by atoms with van der Waals surface area (Å²) in [5.74, 6) is 0.283. The third-order valence-electron chi connectivity index (χ3n) is 3.73. The Morgan fingerprint density at radius 2 is 1.94 bits per heavy atom. The van der Waals surface area contributed by atoms with Crippen molar-refractivity contribution in [2.45, 2.75) is 31.3 Å². The van der Waals surface area contributed by atoms with Gasteiger partial charge < -0.3 is 10.1 Å². The molecule has 1 aromatic rings. The van der Waals surface area contributed by atoms with Crippen molar-refractivity contribution in [2.75, 3.05) is 13.1 Å². The van der Waals surface area contributed by atoms with Gasteiger partial charge in [0.05, 0.1) is 0 Å². The van der Waals surface area contributed by atoms with E-state index in [1.54, 1.807) is 6.07 Å². The van der Waals surface area contributed by atoms with E-state index in [9.17, 15) is 4.39 Å². The van der Waals surface area contributed by atoms with Gasteiger partial charge >= 0.3 is 0 Å². The van der Waals surface area contributed by atoms with Gasteiger partial charge in [-0.15, -0.1) is 12.4 Å². The van der Waals surface area contributed by atoms with Gasteiger partial charge in [-0.3, -0.25) is 0 Å². The Hall–Kier alpha value is -0.800. The number of benzene rings is 1. The lowest BCUT2D eigenvalue weighted by atomic mass is 9.84. The Bertz CT molecular complexity index is 404. The van der Waals surface area contributed by atoms with E-state index in [1.165, 1.54) is 6.07 Å². The quantitative estimate of drug-likeness (QED) is 0.772. The Balaban J connectivity index is 0.00000108. The van der Waals surface area contributed by atoms with Gasteiger partial charge in [-0.1, -0.05) is 12.1 Å². The van der Waals surface area contributed by atoms with Crippen LogP contribution in [0.15, 0.2) is 18.2 Å². The molecule has 0 amide bonds. The summed E-state index contributed by atoms with van der Waals surface area (Å²) in [4.78, 5) is 0. The summed E-state index contributed by atoms with van der Waals surface area (Å²) in [6, 6.07) is 5.21. The summed E-state index contributed by atoms with van der Waals surface area (Å²) in [7, 11) is 0. The Kier molecular flexibility index (Phi) is 3.59. The molecule has 3 rings (SSSR count). The number of hydrogen-bond acceptors (Lipinski definition) is 2. The van der Waals surface area contributed by atoms with Crippen molar-refractivity contribution in [1.29, 1.82) is 0 Å². The minimum absolute atomic E-state index is 0. The van der Waals surface area contributed by atoms with Gasteiger partial charge in [0.15, 0.2) is 11.6 Å². The van der Waals surface area contributed by atoms with E-state index in [2.05, 4.69) is 5.32 Å². The van der Waals surface area contributed by atoms with Crippen LogP contribution in [0.4, 0.5) is 4.39 Å². The standard InChI is InChI=1S/C13H16FNO.ClH/c14-11-3-1-2-10-4-5-13(16-12(10)11)6-8-15-9-7-13;/h1-3,15H,4-9H2;1H. The van der Waals surface area contributed by atoms with E-state index in [-0.39, 0.29) is 23.8 Å². The number of para-hydroxylation sites is 1. The predicted octanol–water partition coefficient (Wildman–Crippen LogP) is 2.69. The Morgan fingerprint density at radius 1 is 1.18 bits per heavy atom. The fraction of sp³-hybridized carbons (Fsp3) is 0.538. The molecule has 2 heterocycles. The van der Waals surface area contributed by atoms with Crippen molar-refractivity contribution in [3.8, 4) is 5.75 Å². The van der Waals surface area contributed by atoms with Gasteiger partial charge in [-0.05, 0) is 50.4 Å². The molecule has 0 bridgehead atoms. The van der Waals surface area contributed by atoms with Gasteiger partial charge in [-0.25, -0.2) is 4.39 Å². The third-order valence-corrected chi connectivity index (χ3v) is 3.73. The number of hydrogen-bond donors (Lipinski definition) is 1. The van der Waals surface area contributed by atoms with E-state index >= 15 is 0 Å². The molecular weight excluding hydrogens is 241 g/mol. The van der Waals surface area contributed by atoms with Crippen molar-refractivity contribution in [3.63, 3.8) is 0 Å². The molecule has 0 saturated carbocycles. The normalized spacial score (nSPS) is 21.2. The zero-order valence-electron chi connectivity index (χ0n) is 9.67. The lowest BCUT2D eigenvalue weighted by Crippen LogP contribution is -2.48. The van der Waals surface area contributed by atoms with E-state index in [4.69, 9.17) is 4.74 Å². The molecule has 2 nitrogen and oxygen atoms in total. The van der Waals surface area contributed by atoms with Gasteiger partial charge in [0.1, 0.15) is 5.60 Å². The van der Waals surface area contributed by atoms with Crippen molar-refractivity contribution in [2.24, 2.45) is 0 Å². The second-order valence-corrected chi connectivity index (χ2v) is 4.76. The molecular formula is C13H17ClFNO. The van der Waals surface area contributed by atoms with Crippen LogP contribution < -0.4 is 10.1 Å². The first kappa shape index (κ1) is 12.7. The van der Waals surface area contributed by atoms with E-state index in [0.717, 1.165) is 44.3 Å². The smallest absolute Gasteiger partial charge is 0.165 e. The molecule has 1 aromatic carbocycles. The molecule has 0 unspecified atom stereocenters. The minimum atomic E-state index is -0.213. The van der Waals surface area contributed by atoms with Crippen molar-refractivity contribution in [3.05, 3.63) is 29.6 Å². The number of rotatable bonds is 0. The van der Waals surface area contributed by atoms with Gasteiger partial charge in [0, 0.05) is 0 Å². The predicted molar refractivity (Wildman–Crippen MR) is 67.4 cm³/mol. The second-order valence-electron chi connectivity index (χ2n) is 4.76. The molecule has 94 valence electrons. The van der Waals surface area contributed by atoms with Crippen LogP contribution in [0.2, 0.25) is 0 Å². The topological polar surface area (TPSA) is 21.3 Å². The van der Waals surface area contributed by atoms with Crippen LogP contribution in [0.3, 0.4) is 0 Å². The maximum Gasteiger partial charge on any atom is 0.165 e. The summed E-state index contributed by atoms with van der Waals surface area (Å²) in [5, 5.41) is 3.32. The highest BCUT2D eigenvalue weighted by Gasteiger charge is 2.38. The number of fused-ring (bicyclic) bond motifs is 1. The SMILES string of the molecule is Cl.Fc1cccc2c1OC1(CCNCC1)CC2. The largest absolute Gasteiger partial charge is 0.484 e. The van der Waals surface area contributed by atoms with E-state index in [1.807, 2.05) is 6.07 Å². The second kappa shape index (κ2) is 4.83. The Morgan fingerprint density at radius 3 is 2.71 bits per heavy atom. The molecule has 0 atom stereocenters. The molecule has 4 heteroatoms. The van der Waals surface area contributed by atoms with Crippen molar-refractivity contribution in [1.82, 2.24) is 5.32 Å². The van der Waals surface area contributed by atoms with Gasteiger partial charge in [0.25, 0.3) is 0 Å². The van der Waals surface area contributed by atoms with Crippen LogP contribution in [0, 0.1) is 5.82 Å². The summed E-state index contributed by atoms with van der Waals surface area (Å²) in [5.41, 5.74) is 0.907. The molecule has 2 aliphatic rings.